The molecule has 0 aliphatic rings. The van der Waals surface area contributed by atoms with Crippen LogP contribution < -0.4 is 0 Å². The first-order chi connectivity index (χ1) is 6.97. The average molecular weight is 224 g/mol. The van der Waals surface area contributed by atoms with Crippen LogP contribution in [-0.2, 0) is 16.0 Å². The van der Waals surface area contributed by atoms with Gasteiger partial charge in [-0.2, -0.15) is 12.6 Å². The van der Waals surface area contributed by atoms with Gasteiger partial charge in [-0.3, -0.25) is 9.59 Å². The summed E-state index contributed by atoms with van der Waals surface area (Å²) in [4.78, 5) is 22.2. The van der Waals surface area contributed by atoms with Crippen molar-refractivity contribution in [2.75, 3.05) is 0 Å². The first-order valence-electron chi connectivity index (χ1n) is 4.47. The molecule has 1 aromatic carbocycles. The van der Waals surface area contributed by atoms with E-state index in [2.05, 4.69) is 12.6 Å². The molecule has 1 N–H and O–H groups in total. The van der Waals surface area contributed by atoms with Crippen LogP contribution >= 0.6 is 12.6 Å². The molecule has 1 atom stereocenters. The zero-order valence-corrected chi connectivity index (χ0v) is 9.20. The Kier molecular flexibility index (Phi) is 3.52. The van der Waals surface area contributed by atoms with Crippen molar-refractivity contribution in [3.05, 3.63) is 35.9 Å². The highest BCUT2D eigenvalue weighted by molar-refractivity contribution is 7.83. The highest BCUT2D eigenvalue weighted by Gasteiger charge is 2.39. The number of rotatable bonds is 4. The van der Waals surface area contributed by atoms with Gasteiger partial charge in [0.15, 0.2) is 10.5 Å². The summed E-state index contributed by atoms with van der Waals surface area (Å²) in [5.74, 6) is -1.66. The Morgan fingerprint density at radius 2 is 1.87 bits per heavy atom. The summed E-state index contributed by atoms with van der Waals surface area (Å²) >= 11 is 3.97. The fraction of sp³-hybridized carbons (Fsp3) is 0.273. The molecule has 0 aromatic heterocycles. The van der Waals surface area contributed by atoms with Crippen molar-refractivity contribution >= 4 is 24.4 Å². The molecular formula is C11H12O3S. The van der Waals surface area contributed by atoms with Crippen LogP contribution in [0.25, 0.3) is 0 Å². The van der Waals surface area contributed by atoms with Gasteiger partial charge in [-0.25, -0.2) is 0 Å². The predicted molar refractivity (Wildman–Crippen MR) is 60.2 cm³/mol. The van der Waals surface area contributed by atoms with Gasteiger partial charge in [0.25, 0.3) is 0 Å². The average Bonchev–Trinajstić information content (AvgIpc) is 2.18. The molecule has 0 radical (unpaired) electrons. The fourth-order valence-electron chi connectivity index (χ4n) is 1.24. The minimum absolute atomic E-state index is 0.0988. The number of ketones is 1. The van der Waals surface area contributed by atoms with Crippen LogP contribution in [0.5, 0.6) is 0 Å². The van der Waals surface area contributed by atoms with Crippen LogP contribution in [-0.4, -0.2) is 21.6 Å². The lowest BCUT2D eigenvalue weighted by molar-refractivity contribution is -0.143. The molecule has 0 saturated carbocycles. The molecule has 3 nitrogen and oxygen atoms in total. The van der Waals surface area contributed by atoms with Crippen molar-refractivity contribution in [3.8, 4) is 0 Å². The summed E-state index contributed by atoms with van der Waals surface area (Å²) < 4.78 is -1.62. The monoisotopic (exact) mass is 224 g/mol. The topological polar surface area (TPSA) is 54.4 Å². The molecule has 0 aliphatic heterocycles. The summed E-state index contributed by atoms with van der Waals surface area (Å²) in [6.45, 7) is 1.24. The number of aliphatic carboxylic acids is 1. The summed E-state index contributed by atoms with van der Waals surface area (Å²) in [6, 6.07) is 8.98. The van der Waals surface area contributed by atoms with Crippen LogP contribution in [0.2, 0.25) is 0 Å². The van der Waals surface area contributed by atoms with Gasteiger partial charge in [-0.05, 0) is 12.5 Å². The third-order valence-electron chi connectivity index (χ3n) is 2.24. The number of carboxylic acids is 1. The maximum atomic E-state index is 11.3. The molecule has 0 heterocycles. The number of hydrogen-bond donors (Lipinski definition) is 2. The number of thiol groups is 1. The second kappa shape index (κ2) is 4.49. The maximum Gasteiger partial charge on any atom is 0.327 e. The minimum atomic E-state index is -1.62. The van der Waals surface area contributed by atoms with Gasteiger partial charge in [-0.15, -0.1) is 0 Å². The summed E-state index contributed by atoms with van der Waals surface area (Å²) in [7, 11) is 0. The van der Waals surface area contributed by atoms with Crippen molar-refractivity contribution in [1.29, 1.82) is 0 Å². The van der Waals surface area contributed by atoms with E-state index < -0.39 is 16.5 Å². The fourth-order valence-corrected chi connectivity index (χ4v) is 1.42. The van der Waals surface area contributed by atoms with Gasteiger partial charge in [0.1, 0.15) is 0 Å². The van der Waals surface area contributed by atoms with Crippen LogP contribution in [0.1, 0.15) is 12.5 Å². The van der Waals surface area contributed by atoms with Crippen LogP contribution in [0.15, 0.2) is 30.3 Å². The number of hydrogen-bond acceptors (Lipinski definition) is 3. The molecule has 80 valence electrons. The van der Waals surface area contributed by atoms with Gasteiger partial charge in [0.2, 0.25) is 0 Å². The normalized spacial score (nSPS) is 14.3. The lowest BCUT2D eigenvalue weighted by atomic mass is 9.95. The molecule has 0 saturated heterocycles. The molecule has 0 bridgehead atoms. The number of carboxylic acid groups (broad SMARTS) is 1. The molecule has 0 amide bonds. The Hall–Kier alpha value is -1.29. The van der Waals surface area contributed by atoms with Crippen molar-refractivity contribution < 1.29 is 14.7 Å². The molecule has 0 aliphatic carbocycles. The van der Waals surface area contributed by atoms with E-state index in [-0.39, 0.29) is 6.42 Å². The van der Waals surface area contributed by atoms with E-state index in [0.717, 1.165) is 5.56 Å². The lowest BCUT2D eigenvalue weighted by Crippen LogP contribution is -2.42. The standard InChI is InChI=1S/C11H12O3S/c1-8(12)11(15,10(13)14)7-9-5-3-2-4-6-9/h2-6,15H,7H2,1H3,(H,13,14). The smallest absolute Gasteiger partial charge is 0.327 e. The SMILES string of the molecule is CC(=O)C(S)(Cc1ccccc1)C(=O)O. The molecule has 0 fully saturated rings. The predicted octanol–water partition coefficient (Wildman–Crippen LogP) is 1.57. The van der Waals surface area contributed by atoms with E-state index in [1.165, 1.54) is 6.92 Å². The van der Waals surface area contributed by atoms with Crippen molar-refractivity contribution in [2.24, 2.45) is 0 Å². The third-order valence-corrected chi connectivity index (χ3v) is 2.90. The molecular weight excluding hydrogens is 212 g/mol. The maximum absolute atomic E-state index is 11.3. The van der Waals surface area contributed by atoms with Gasteiger partial charge >= 0.3 is 5.97 Å². The second-order valence-electron chi connectivity index (χ2n) is 3.38. The zero-order chi connectivity index (χ0) is 11.5. The van der Waals surface area contributed by atoms with E-state index in [9.17, 15) is 9.59 Å². The van der Waals surface area contributed by atoms with Crippen molar-refractivity contribution in [2.45, 2.75) is 18.1 Å². The highest BCUT2D eigenvalue weighted by atomic mass is 32.1. The summed E-state index contributed by atoms with van der Waals surface area (Å²) in [5, 5.41) is 8.97. The highest BCUT2D eigenvalue weighted by Crippen LogP contribution is 2.22. The van der Waals surface area contributed by atoms with Gasteiger partial charge in [0, 0.05) is 6.42 Å². The lowest BCUT2D eigenvalue weighted by Gasteiger charge is -2.20. The molecule has 1 rings (SSSR count). The molecule has 15 heavy (non-hydrogen) atoms. The van der Waals surface area contributed by atoms with Gasteiger partial charge in [-0.1, -0.05) is 30.3 Å². The van der Waals surface area contributed by atoms with Crippen LogP contribution in [0.4, 0.5) is 0 Å². The number of carbonyl (C=O) groups excluding carboxylic acids is 1. The van der Waals surface area contributed by atoms with E-state index >= 15 is 0 Å². The minimum Gasteiger partial charge on any atom is -0.480 e. The Morgan fingerprint density at radius 3 is 2.27 bits per heavy atom. The summed E-state index contributed by atoms with van der Waals surface area (Å²) in [6.07, 6.45) is 0.0988. The molecule has 1 unspecified atom stereocenters. The second-order valence-corrected chi connectivity index (χ2v) is 4.15. The van der Waals surface area contributed by atoms with Gasteiger partial charge in [0.05, 0.1) is 0 Å². The Morgan fingerprint density at radius 1 is 1.33 bits per heavy atom. The Bertz CT molecular complexity index is 359. The van der Waals surface area contributed by atoms with Crippen LogP contribution in [0, 0.1) is 0 Å². The largest absolute Gasteiger partial charge is 0.480 e. The first-order valence-corrected chi connectivity index (χ1v) is 4.92. The molecule has 1 aromatic rings. The summed E-state index contributed by atoms with van der Waals surface area (Å²) in [5.41, 5.74) is 0.783. The van der Waals surface area contributed by atoms with E-state index in [1.807, 2.05) is 6.07 Å². The number of carbonyl (C=O) groups is 2. The zero-order valence-electron chi connectivity index (χ0n) is 8.30. The molecule has 4 heteroatoms. The third kappa shape index (κ3) is 2.59. The molecule has 0 spiro atoms. The van der Waals surface area contributed by atoms with Crippen LogP contribution in [0.3, 0.4) is 0 Å². The number of Topliss-reactive ketones (excluding diaryl/α,β-unsaturated/α-hetero) is 1. The quantitative estimate of drug-likeness (QED) is 0.603. The Labute approximate surface area is 93.5 Å². The first kappa shape index (κ1) is 11.8. The van der Waals surface area contributed by atoms with Crippen molar-refractivity contribution in [1.82, 2.24) is 0 Å². The van der Waals surface area contributed by atoms with E-state index in [0.29, 0.717) is 0 Å². The Balaban J connectivity index is 2.95. The number of benzene rings is 1. The van der Waals surface area contributed by atoms with Gasteiger partial charge < -0.3 is 5.11 Å². The van der Waals surface area contributed by atoms with Crippen molar-refractivity contribution in [3.63, 3.8) is 0 Å². The van der Waals surface area contributed by atoms with E-state index in [1.54, 1.807) is 24.3 Å². The van der Waals surface area contributed by atoms with E-state index in [4.69, 9.17) is 5.11 Å².